The molecule has 1 atom stereocenters. The fourth-order valence-electron chi connectivity index (χ4n) is 0.989. The van der Waals surface area contributed by atoms with E-state index >= 15 is 0 Å². The highest BCUT2D eigenvalue weighted by atomic mass is 16.3. The molecule has 0 heterocycles. The molecule has 0 aromatic carbocycles. The average Bonchev–Trinajstić information content (AvgIpc) is 2.14. The molecular formula is C10H17NO2. The molecule has 3 nitrogen and oxygen atoms in total. The molecule has 0 saturated heterocycles. The Morgan fingerprint density at radius 1 is 1.54 bits per heavy atom. The van der Waals surface area contributed by atoms with Crippen LogP contribution in [0.4, 0.5) is 0 Å². The van der Waals surface area contributed by atoms with Crippen LogP contribution in [0.1, 0.15) is 13.8 Å². The Bertz CT molecular complexity index is 197. The van der Waals surface area contributed by atoms with Gasteiger partial charge in [0.05, 0.1) is 12.6 Å². The van der Waals surface area contributed by atoms with Crippen LogP contribution in [0.25, 0.3) is 0 Å². The van der Waals surface area contributed by atoms with Gasteiger partial charge in [0.2, 0.25) is 0 Å². The third kappa shape index (κ3) is 5.33. The van der Waals surface area contributed by atoms with E-state index in [0.29, 0.717) is 6.54 Å². The third-order valence-corrected chi connectivity index (χ3v) is 1.64. The van der Waals surface area contributed by atoms with Crippen LogP contribution in [0.2, 0.25) is 0 Å². The number of rotatable bonds is 6. The van der Waals surface area contributed by atoms with Crippen LogP contribution >= 0.6 is 0 Å². The molecular weight excluding hydrogens is 166 g/mol. The number of hydrogen-bond acceptors (Lipinski definition) is 3. The van der Waals surface area contributed by atoms with Crippen molar-refractivity contribution in [2.45, 2.75) is 20.0 Å². The Kier molecular flexibility index (Phi) is 7.15. The standard InChI is InChI=1S/C10H17NO2/c1-3-5-9(4-2)10(13)8-11-6-7-12/h3-5,7,10-11,13H,6,8H2,1-2H3/b5-3-,9-4+. The van der Waals surface area contributed by atoms with Gasteiger partial charge in [-0.1, -0.05) is 18.2 Å². The number of aliphatic hydroxyl groups is 1. The minimum Gasteiger partial charge on any atom is -0.387 e. The van der Waals surface area contributed by atoms with Gasteiger partial charge in [-0.3, -0.25) is 0 Å². The van der Waals surface area contributed by atoms with Gasteiger partial charge in [0.1, 0.15) is 6.29 Å². The maximum Gasteiger partial charge on any atom is 0.133 e. The number of nitrogens with one attached hydrogen (secondary N) is 1. The highest BCUT2D eigenvalue weighted by Crippen LogP contribution is 2.03. The van der Waals surface area contributed by atoms with E-state index in [1.54, 1.807) is 0 Å². The van der Waals surface area contributed by atoms with Crippen molar-refractivity contribution in [3.63, 3.8) is 0 Å². The summed E-state index contributed by atoms with van der Waals surface area (Å²) < 4.78 is 0. The molecule has 74 valence electrons. The second-order valence-corrected chi connectivity index (χ2v) is 2.63. The van der Waals surface area contributed by atoms with Crippen molar-refractivity contribution in [2.75, 3.05) is 13.1 Å². The van der Waals surface area contributed by atoms with Crippen molar-refractivity contribution in [1.29, 1.82) is 0 Å². The normalized spacial score (nSPS) is 14.8. The van der Waals surface area contributed by atoms with E-state index < -0.39 is 6.10 Å². The van der Waals surface area contributed by atoms with Crippen molar-refractivity contribution in [3.05, 3.63) is 23.8 Å². The van der Waals surface area contributed by atoms with Crippen LogP contribution in [-0.4, -0.2) is 30.6 Å². The summed E-state index contributed by atoms with van der Waals surface area (Å²) in [4.78, 5) is 9.98. The van der Waals surface area contributed by atoms with Crippen molar-refractivity contribution in [2.24, 2.45) is 0 Å². The molecule has 0 aromatic heterocycles. The first-order chi connectivity index (χ1) is 6.26. The second kappa shape index (κ2) is 7.71. The first kappa shape index (κ1) is 12.1. The highest BCUT2D eigenvalue weighted by Gasteiger charge is 2.05. The Labute approximate surface area is 79.2 Å². The molecule has 0 aliphatic carbocycles. The minimum absolute atomic E-state index is 0.282. The fraction of sp³-hybridized carbons (Fsp3) is 0.500. The lowest BCUT2D eigenvalue weighted by atomic mass is 10.1. The van der Waals surface area contributed by atoms with E-state index in [1.807, 2.05) is 32.1 Å². The molecule has 3 heteroatoms. The fourth-order valence-corrected chi connectivity index (χ4v) is 0.989. The SMILES string of the molecule is C/C=C\C(=C/C)C(O)CNCC=O. The third-order valence-electron chi connectivity index (χ3n) is 1.64. The number of aldehydes is 1. The van der Waals surface area contributed by atoms with E-state index in [0.717, 1.165) is 11.9 Å². The maximum absolute atomic E-state index is 9.98. The van der Waals surface area contributed by atoms with Crippen LogP contribution in [-0.2, 0) is 4.79 Å². The number of hydrogen-bond donors (Lipinski definition) is 2. The predicted octanol–water partition coefficient (Wildman–Crippen LogP) is 0.658. The predicted molar refractivity (Wildman–Crippen MR) is 53.5 cm³/mol. The summed E-state index contributed by atoms with van der Waals surface area (Å²) >= 11 is 0. The van der Waals surface area contributed by atoms with Crippen LogP contribution in [0.5, 0.6) is 0 Å². The second-order valence-electron chi connectivity index (χ2n) is 2.63. The number of carbonyl (C=O) groups is 1. The Morgan fingerprint density at radius 3 is 2.69 bits per heavy atom. The van der Waals surface area contributed by atoms with Crippen LogP contribution in [0.15, 0.2) is 23.8 Å². The quantitative estimate of drug-likeness (QED) is 0.361. The molecule has 0 spiro atoms. The lowest BCUT2D eigenvalue weighted by molar-refractivity contribution is -0.107. The zero-order valence-electron chi connectivity index (χ0n) is 8.16. The van der Waals surface area contributed by atoms with Gasteiger partial charge in [0.25, 0.3) is 0 Å². The smallest absolute Gasteiger partial charge is 0.133 e. The van der Waals surface area contributed by atoms with E-state index in [4.69, 9.17) is 0 Å². The van der Waals surface area contributed by atoms with Crippen LogP contribution in [0, 0.1) is 0 Å². The van der Waals surface area contributed by atoms with Gasteiger partial charge >= 0.3 is 0 Å². The first-order valence-electron chi connectivity index (χ1n) is 4.37. The maximum atomic E-state index is 9.98. The molecule has 0 aromatic rings. The number of carbonyl (C=O) groups excluding carboxylic acids is 1. The largest absolute Gasteiger partial charge is 0.387 e. The molecule has 0 fully saturated rings. The molecule has 0 rings (SSSR count). The molecule has 2 N–H and O–H groups in total. The number of allylic oxidation sites excluding steroid dienone is 2. The minimum atomic E-state index is -0.541. The molecule has 0 saturated carbocycles. The van der Waals surface area contributed by atoms with Crippen molar-refractivity contribution in [1.82, 2.24) is 5.32 Å². The molecule has 0 radical (unpaired) electrons. The summed E-state index contributed by atoms with van der Waals surface area (Å²) in [6.07, 6.45) is 5.82. The molecule has 0 bridgehead atoms. The summed E-state index contributed by atoms with van der Waals surface area (Å²) in [5, 5.41) is 12.4. The van der Waals surface area contributed by atoms with Gasteiger partial charge in [-0.2, -0.15) is 0 Å². The van der Waals surface area contributed by atoms with Crippen LogP contribution in [0.3, 0.4) is 0 Å². The van der Waals surface area contributed by atoms with Gasteiger partial charge in [-0.05, 0) is 19.4 Å². The van der Waals surface area contributed by atoms with Crippen molar-refractivity contribution >= 4 is 6.29 Å². The van der Waals surface area contributed by atoms with Gasteiger partial charge < -0.3 is 15.2 Å². The Morgan fingerprint density at radius 2 is 2.23 bits per heavy atom. The van der Waals surface area contributed by atoms with Gasteiger partial charge in [-0.25, -0.2) is 0 Å². The molecule has 0 aliphatic heterocycles. The van der Waals surface area contributed by atoms with Crippen molar-refractivity contribution < 1.29 is 9.90 Å². The van der Waals surface area contributed by atoms with Crippen molar-refractivity contribution in [3.8, 4) is 0 Å². The Balaban J connectivity index is 3.92. The summed E-state index contributed by atoms with van der Waals surface area (Å²) in [5.74, 6) is 0. The summed E-state index contributed by atoms with van der Waals surface area (Å²) in [6, 6.07) is 0. The lowest BCUT2D eigenvalue weighted by Gasteiger charge is -2.11. The summed E-state index contributed by atoms with van der Waals surface area (Å²) in [7, 11) is 0. The van der Waals surface area contributed by atoms with Gasteiger partial charge in [-0.15, -0.1) is 0 Å². The lowest BCUT2D eigenvalue weighted by Crippen LogP contribution is -2.29. The van der Waals surface area contributed by atoms with Gasteiger partial charge in [0.15, 0.2) is 0 Å². The van der Waals surface area contributed by atoms with E-state index in [-0.39, 0.29) is 6.54 Å². The highest BCUT2D eigenvalue weighted by molar-refractivity contribution is 5.51. The first-order valence-corrected chi connectivity index (χ1v) is 4.37. The summed E-state index contributed by atoms with van der Waals surface area (Å²) in [5.41, 5.74) is 0.862. The number of aliphatic hydroxyl groups excluding tert-OH is 1. The van der Waals surface area contributed by atoms with E-state index in [2.05, 4.69) is 5.32 Å². The van der Waals surface area contributed by atoms with Gasteiger partial charge in [0, 0.05) is 6.54 Å². The zero-order chi connectivity index (χ0) is 10.1. The zero-order valence-corrected chi connectivity index (χ0v) is 8.16. The van der Waals surface area contributed by atoms with Crippen LogP contribution < -0.4 is 5.32 Å². The Hall–Kier alpha value is -0.930. The molecule has 0 amide bonds. The average molecular weight is 183 g/mol. The molecule has 1 unspecified atom stereocenters. The molecule has 13 heavy (non-hydrogen) atoms. The monoisotopic (exact) mass is 183 g/mol. The topological polar surface area (TPSA) is 49.3 Å². The van der Waals surface area contributed by atoms with E-state index in [9.17, 15) is 9.90 Å². The summed E-state index contributed by atoms with van der Waals surface area (Å²) in [6.45, 7) is 4.46. The molecule has 0 aliphatic rings. The van der Waals surface area contributed by atoms with E-state index in [1.165, 1.54) is 0 Å².